The zero-order valence-electron chi connectivity index (χ0n) is 6.79. The predicted octanol–water partition coefficient (Wildman–Crippen LogP) is 1.06. The van der Waals surface area contributed by atoms with Crippen LogP contribution in [0.5, 0.6) is 0 Å². The minimum atomic E-state index is -0.696. The Bertz CT molecular complexity index is 156. The number of rotatable bonds is 0. The van der Waals surface area contributed by atoms with Gasteiger partial charge in [-0.3, -0.25) is 0 Å². The van der Waals surface area contributed by atoms with Crippen molar-refractivity contribution in [1.29, 1.82) is 0 Å². The molecule has 0 spiro atoms. The molecule has 2 N–H and O–H groups in total. The van der Waals surface area contributed by atoms with Gasteiger partial charge >= 0.3 is 0 Å². The molecule has 2 aliphatic rings. The molecule has 2 fully saturated rings. The van der Waals surface area contributed by atoms with E-state index in [-0.39, 0.29) is 0 Å². The van der Waals surface area contributed by atoms with Crippen molar-refractivity contribution in [3.63, 3.8) is 0 Å². The summed E-state index contributed by atoms with van der Waals surface area (Å²) in [5.41, 5.74) is -0.696. The molecule has 0 aliphatic heterocycles. The van der Waals surface area contributed by atoms with Gasteiger partial charge in [0.2, 0.25) is 0 Å². The van der Waals surface area contributed by atoms with Crippen molar-refractivity contribution in [3.8, 4) is 0 Å². The Hall–Kier alpha value is -0.0800. The number of hydrogen-bond donors (Lipinski definition) is 2. The van der Waals surface area contributed by atoms with Crippen LogP contribution < -0.4 is 0 Å². The number of aliphatic hydroxyl groups is 2. The van der Waals surface area contributed by atoms with Crippen molar-refractivity contribution < 1.29 is 10.2 Å². The van der Waals surface area contributed by atoms with Gasteiger partial charge in [0.05, 0.1) is 11.7 Å². The van der Waals surface area contributed by atoms with E-state index < -0.39 is 11.7 Å². The first-order valence-electron chi connectivity index (χ1n) is 4.64. The zero-order chi connectivity index (χ0) is 7.90. The second-order valence-electron chi connectivity index (χ2n) is 4.03. The fourth-order valence-corrected chi connectivity index (χ4v) is 2.69. The lowest BCUT2D eigenvalue weighted by molar-refractivity contribution is -0.0998. The summed E-state index contributed by atoms with van der Waals surface area (Å²) < 4.78 is 0. The molecule has 0 aromatic heterocycles. The molecule has 0 bridgehead atoms. The summed E-state index contributed by atoms with van der Waals surface area (Å²) >= 11 is 0. The second-order valence-corrected chi connectivity index (χ2v) is 4.03. The monoisotopic (exact) mass is 156 g/mol. The Morgan fingerprint density at radius 1 is 1.09 bits per heavy atom. The van der Waals surface area contributed by atoms with Gasteiger partial charge in [-0.2, -0.15) is 0 Å². The minimum absolute atomic E-state index is 0.395. The third-order valence-electron chi connectivity index (χ3n) is 3.45. The Labute approximate surface area is 67.2 Å². The smallest absolute Gasteiger partial charge is 0.0933 e. The highest BCUT2D eigenvalue weighted by atomic mass is 16.3. The first-order valence-corrected chi connectivity index (χ1v) is 4.64. The Kier molecular flexibility index (Phi) is 1.69. The quantitative estimate of drug-likeness (QED) is 0.550. The largest absolute Gasteiger partial charge is 0.390 e. The van der Waals surface area contributed by atoms with Crippen molar-refractivity contribution in [2.75, 3.05) is 0 Å². The maximum atomic E-state index is 10.0. The van der Waals surface area contributed by atoms with E-state index in [1.165, 1.54) is 6.42 Å². The topological polar surface area (TPSA) is 40.5 Å². The van der Waals surface area contributed by atoms with Gasteiger partial charge in [-0.15, -0.1) is 0 Å². The van der Waals surface area contributed by atoms with Gasteiger partial charge in [-0.1, -0.05) is 12.8 Å². The summed E-state index contributed by atoms with van der Waals surface area (Å²) in [6.07, 6.45) is 5.66. The van der Waals surface area contributed by atoms with Gasteiger partial charge in [-0.05, 0) is 31.6 Å². The van der Waals surface area contributed by atoms with Crippen LogP contribution in [0, 0.1) is 5.92 Å². The van der Waals surface area contributed by atoms with E-state index in [1.807, 2.05) is 0 Å². The van der Waals surface area contributed by atoms with Crippen molar-refractivity contribution >= 4 is 0 Å². The van der Waals surface area contributed by atoms with Crippen molar-refractivity contribution in [3.05, 3.63) is 0 Å². The molecule has 2 nitrogen and oxygen atoms in total. The highest BCUT2D eigenvalue weighted by Crippen LogP contribution is 2.45. The van der Waals surface area contributed by atoms with Gasteiger partial charge in [-0.25, -0.2) is 0 Å². The van der Waals surface area contributed by atoms with Crippen molar-refractivity contribution in [2.24, 2.45) is 5.92 Å². The fraction of sp³-hybridized carbons (Fsp3) is 1.00. The van der Waals surface area contributed by atoms with Crippen LogP contribution in [-0.4, -0.2) is 21.9 Å². The molecule has 0 amide bonds. The van der Waals surface area contributed by atoms with Crippen LogP contribution in [0.4, 0.5) is 0 Å². The molecule has 11 heavy (non-hydrogen) atoms. The van der Waals surface area contributed by atoms with E-state index in [9.17, 15) is 10.2 Å². The molecule has 0 aromatic rings. The molecule has 2 aliphatic carbocycles. The van der Waals surface area contributed by atoms with Crippen LogP contribution in [0.1, 0.15) is 38.5 Å². The normalized spacial score (nSPS) is 50.7. The average Bonchev–Trinajstić information content (AvgIpc) is 2.29. The predicted molar refractivity (Wildman–Crippen MR) is 42.1 cm³/mol. The van der Waals surface area contributed by atoms with Gasteiger partial charge in [0.25, 0.3) is 0 Å². The van der Waals surface area contributed by atoms with Crippen molar-refractivity contribution in [2.45, 2.75) is 50.2 Å². The van der Waals surface area contributed by atoms with Gasteiger partial charge in [0.1, 0.15) is 0 Å². The first-order chi connectivity index (χ1) is 5.23. The molecular weight excluding hydrogens is 140 g/mol. The average molecular weight is 156 g/mol. The summed E-state index contributed by atoms with van der Waals surface area (Å²) in [5, 5.41) is 19.6. The van der Waals surface area contributed by atoms with Crippen LogP contribution in [0.25, 0.3) is 0 Å². The Balaban J connectivity index is 2.16. The van der Waals surface area contributed by atoms with E-state index in [4.69, 9.17) is 0 Å². The molecule has 2 saturated carbocycles. The molecule has 2 rings (SSSR count). The van der Waals surface area contributed by atoms with E-state index in [0.29, 0.717) is 5.92 Å². The lowest BCUT2D eigenvalue weighted by atomic mass is 9.77. The summed E-state index contributed by atoms with van der Waals surface area (Å²) in [6.45, 7) is 0. The van der Waals surface area contributed by atoms with Crippen LogP contribution in [0.3, 0.4) is 0 Å². The molecular formula is C9H16O2. The number of aliphatic hydroxyl groups excluding tert-OH is 1. The second kappa shape index (κ2) is 2.46. The van der Waals surface area contributed by atoms with Crippen LogP contribution in [-0.2, 0) is 0 Å². The molecule has 64 valence electrons. The summed E-state index contributed by atoms with van der Waals surface area (Å²) in [4.78, 5) is 0. The summed E-state index contributed by atoms with van der Waals surface area (Å²) in [5.74, 6) is 0.395. The third-order valence-corrected chi connectivity index (χ3v) is 3.45. The lowest BCUT2D eigenvalue weighted by Crippen LogP contribution is -2.44. The van der Waals surface area contributed by atoms with Gasteiger partial charge in [0, 0.05) is 0 Å². The zero-order valence-corrected chi connectivity index (χ0v) is 6.79. The standard InChI is InChI=1S/C9H16O2/c10-8-5-4-7-3-1-2-6-9(7,8)11/h7-8,10-11H,1-6H2. The minimum Gasteiger partial charge on any atom is -0.390 e. The molecule has 3 unspecified atom stereocenters. The van der Waals surface area contributed by atoms with Crippen LogP contribution in [0.2, 0.25) is 0 Å². The fourth-order valence-electron chi connectivity index (χ4n) is 2.69. The first kappa shape index (κ1) is 7.56. The van der Waals surface area contributed by atoms with E-state index >= 15 is 0 Å². The number of fused-ring (bicyclic) bond motifs is 1. The molecule has 0 heterocycles. The highest BCUT2D eigenvalue weighted by molar-refractivity contribution is 5.00. The van der Waals surface area contributed by atoms with E-state index in [2.05, 4.69) is 0 Å². The number of hydrogen-bond acceptors (Lipinski definition) is 2. The maximum absolute atomic E-state index is 10.0. The van der Waals surface area contributed by atoms with Gasteiger partial charge in [0.15, 0.2) is 0 Å². The molecule has 0 saturated heterocycles. The molecule has 3 atom stereocenters. The lowest BCUT2D eigenvalue weighted by Gasteiger charge is -2.36. The third kappa shape index (κ3) is 1.00. The van der Waals surface area contributed by atoms with Gasteiger partial charge < -0.3 is 10.2 Å². The molecule has 0 aromatic carbocycles. The Morgan fingerprint density at radius 2 is 1.91 bits per heavy atom. The maximum Gasteiger partial charge on any atom is 0.0933 e. The van der Waals surface area contributed by atoms with Crippen molar-refractivity contribution in [1.82, 2.24) is 0 Å². The molecule has 0 radical (unpaired) electrons. The van der Waals surface area contributed by atoms with E-state index in [0.717, 1.165) is 32.1 Å². The highest BCUT2D eigenvalue weighted by Gasteiger charge is 2.48. The summed E-state index contributed by atoms with van der Waals surface area (Å²) in [6, 6.07) is 0. The van der Waals surface area contributed by atoms with Crippen LogP contribution >= 0.6 is 0 Å². The Morgan fingerprint density at radius 3 is 2.64 bits per heavy atom. The SMILES string of the molecule is OC1CCC2CCCCC12O. The van der Waals surface area contributed by atoms with Crippen LogP contribution in [0.15, 0.2) is 0 Å². The van der Waals surface area contributed by atoms with E-state index in [1.54, 1.807) is 0 Å². The summed E-state index contributed by atoms with van der Waals surface area (Å²) in [7, 11) is 0. The molecule has 2 heteroatoms.